The third-order valence-electron chi connectivity index (χ3n) is 8.63. The monoisotopic (exact) mass is 603 g/mol. The molecule has 0 spiro atoms. The highest BCUT2D eigenvalue weighted by molar-refractivity contribution is 6.10. The number of nitrogens with one attached hydrogen (secondary N) is 1. The minimum Gasteiger partial charge on any atom is -0.370 e. The van der Waals surface area contributed by atoms with Crippen LogP contribution in [0.2, 0.25) is 0 Å². The fourth-order valence-corrected chi connectivity index (χ4v) is 6.42. The first-order valence-corrected chi connectivity index (χ1v) is 15.1. The van der Waals surface area contributed by atoms with E-state index in [0.29, 0.717) is 36.2 Å². The lowest BCUT2D eigenvalue weighted by molar-refractivity contribution is -0.138. The van der Waals surface area contributed by atoms with E-state index in [0.717, 1.165) is 49.0 Å². The summed E-state index contributed by atoms with van der Waals surface area (Å²) in [5, 5.41) is 11.5. The molecule has 230 valence electrons. The molecule has 1 N–H and O–H groups in total. The van der Waals surface area contributed by atoms with E-state index in [1.54, 1.807) is 18.5 Å². The molecule has 1 unspecified atom stereocenters. The lowest BCUT2D eigenvalue weighted by atomic mass is 9.94. The molecule has 1 saturated heterocycles. The van der Waals surface area contributed by atoms with Crippen LogP contribution >= 0.6 is 0 Å². The number of hydrogen-bond acceptors (Lipinski definition) is 6. The molecular formula is C33H36F3N7O. The average molecular weight is 604 g/mol. The number of aromatic nitrogens is 4. The van der Waals surface area contributed by atoms with Crippen molar-refractivity contribution in [2.24, 2.45) is 13.0 Å². The number of fused-ring (bicyclic) bond motifs is 1. The number of benzene rings is 2. The molecular weight excluding hydrogens is 567 g/mol. The van der Waals surface area contributed by atoms with Crippen LogP contribution in [0.4, 0.5) is 24.8 Å². The number of nitrogens with zero attached hydrogens (tertiary/aromatic N) is 6. The zero-order valence-electron chi connectivity index (χ0n) is 25.2. The number of carbonyl (C=O) groups excluding carboxylic acids is 1. The number of rotatable bonds is 8. The molecule has 0 aliphatic carbocycles. The van der Waals surface area contributed by atoms with Gasteiger partial charge in [0.05, 0.1) is 12.1 Å². The SMILES string of the molecule is CCNc1cc(-c2ccccc2-c2nncn2C)cc(N2Cc3c(cc(CN4CCCC(CC)C4)cc3C(F)(F)F)C2=O)n1. The van der Waals surface area contributed by atoms with Crippen LogP contribution in [0.25, 0.3) is 22.5 Å². The second-order valence-electron chi connectivity index (χ2n) is 11.7. The van der Waals surface area contributed by atoms with Gasteiger partial charge in [0.2, 0.25) is 0 Å². The van der Waals surface area contributed by atoms with Gasteiger partial charge in [0.25, 0.3) is 5.91 Å². The van der Waals surface area contributed by atoms with E-state index in [-0.39, 0.29) is 23.5 Å². The fraction of sp³-hybridized carbons (Fsp3) is 0.394. The number of piperidine rings is 1. The van der Waals surface area contributed by atoms with E-state index in [9.17, 15) is 18.0 Å². The standard InChI is InChI=1S/C33H36F3N7O/c1-4-21-9-8-12-42(17-21)18-22-13-26-27(28(14-22)33(34,35)36)19-43(32(26)44)30-16-23(15-29(39-30)37-5-2)24-10-6-7-11-25(24)31-40-38-20-41(31)3/h6-7,10-11,13-16,20-21H,4-5,8-9,12,17-19H2,1-3H3,(H,37,39). The van der Waals surface area contributed by atoms with Crippen LogP contribution in [-0.2, 0) is 26.3 Å². The highest BCUT2D eigenvalue weighted by Gasteiger charge is 2.41. The van der Waals surface area contributed by atoms with Crippen LogP contribution in [0.15, 0.2) is 54.9 Å². The van der Waals surface area contributed by atoms with Gasteiger partial charge in [0, 0.05) is 37.8 Å². The van der Waals surface area contributed by atoms with Crippen molar-refractivity contribution in [3.8, 4) is 22.5 Å². The first-order chi connectivity index (χ1) is 21.2. The summed E-state index contributed by atoms with van der Waals surface area (Å²) >= 11 is 0. The number of aryl methyl sites for hydroxylation is 1. The Hall–Kier alpha value is -4.25. The molecule has 2 aliphatic heterocycles. The first kappa shape index (κ1) is 29.8. The molecule has 4 aromatic rings. The van der Waals surface area contributed by atoms with Crippen LogP contribution in [0.5, 0.6) is 0 Å². The average Bonchev–Trinajstić information content (AvgIpc) is 3.59. The topological polar surface area (TPSA) is 79.2 Å². The number of hydrogen-bond donors (Lipinski definition) is 1. The van der Waals surface area contributed by atoms with Crippen molar-refractivity contribution in [2.75, 3.05) is 29.9 Å². The summed E-state index contributed by atoms with van der Waals surface area (Å²) in [6.45, 7) is 6.53. The summed E-state index contributed by atoms with van der Waals surface area (Å²) in [4.78, 5) is 22.1. The molecule has 0 bridgehead atoms. The van der Waals surface area contributed by atoms with Crippen LogP contribution in [0, 0.1) is 5.92 Å². The van der Waals surface area contributed by atoms with Crippen LogP contribution < -0.4 is 10.2 Å². The number of likely N-dealkylation sites (tertiary alicyclic amines) is 1. The minimum atomic E-state index is -4.59. The van der Waals surface area contributed by atoms with Gasteiger partial charge in [-0.1, -0.05) is 37.6 Å². The van der Waals surface area contributed by atoms with Crippen molar-refractivity contribution in [2.45, 2.75) is 52.4 Å². The molecule has 6 rings (SSSR count). The zero-order valence-corrected chi connectivity index (χ0v) is 25.2. The zero-order chi connectivity index (χ0) is 31.0. The summed E-state index contributed by atoms with van der Waals surface area (Å²) in [5.41, 5.74) is 2.26. The van der Waals surface area contributed by atoms with Crippen LogP contribution in [0.1, 0.15) is 60.2 Å². The molecule has 2 aromatic heterocycles. The molecule has 1 atom stereocenters. The van der Waals surface area contributed by atoms with Gasteiger partial charge in [-0.2, -0.15) is 13.2 Å². The van der Waals surface area contributed by atoms with Gasteiger partial charge in [-0.3, -0.25) is 14.6 Å². The van der Waals surface area contributed by atoms with Crippen LogP contribution in [0.3, 0.4) is 0 Å². The molecule has 4 heterocycles. The molecule has 0 radical (unpaired) electrons. The van der Waals surface area contributed by atoms with Crippen molar-refractivity contribution >= 4 is 17.5 Å². The van der Waals surface area contributed by atoms with E-state index >= 15 is 0 Å². The molecule has 11 heteroatoms. The maximum Gasteiger partial charge on any atom is 0.416 e. The van der Waals surface area contributed by atoms with Crippen molar-refractivity contribution < 1.29 is 18.0 Å². The van der Waals surface area contributed by atoms with E-state index in [1.165, 1.54) is 11.0 Å². The second-order valence-corrected chi connectivity index (χ2v) is 11.7. The highest BCUT2D eigenvalue weighted by atomic mass is 19.4. The van der Waals surface area contributed by atoms with Gasteiger partial charge in [0.15, 0.2) is 5.82 Å². The van der Waals surface area contributed by atoms with Crippen molar-refractivity contribution in [3.63, 3.8) is 0 Å². The Morgan fingerprint density at radius 1 is 1.05 bits per heavy atom. The fourth-order valence-electron chi connectivity index (χ4n) is 6.42. The number of carbonyl (C=O) groups is 1. The van der Waals surface area contributed by atoms with E-state index in [2.05, 4.69) is 32.3 Å². The quantitative estimate of drug-likeness (QED) is 0.239. The van der Waals surface area contributed by atoms with Gasteiger partial charge in [-0.05, 0) is 78.7 Å². The maximum absolute atomic E-state index is 14.5. The van der Waals surface area contributed by atoms with E-state index in [4.69, 9.17) is 0 Å². The van der Waals surface area contributed by atoms with Crippen molar-refractivity contribution in [3.05, 3.63) is 77.1 Å². The predicted octanol–water partition coefficient (Wildman–Crippen LogP) is 6.78. The number of pyridine rings is 1. The predicted molar refractivity (Wildman–Crippen MR) is 164 cm³/mol. The Bertz CT molecular complexity index is 1680. The highest BCUT2D eigenvalue weighted by Crippen LogP contribution is 2.41. The number of alkyl halides is 3. The smallest absolute Gasteiger partial charge is 0.370 e. The normalized spacial score (nSPS) is 17.3. The molecule has 1 amide bonds. The lowest BCUT2D eigenvalue weighted by Gasteiger charge is -2.32. The lowest BCUT2D eigenvalue weighted by Crippen LogP contribution is -2.34. The van der Waals surface area contributed by atoms with Gasteiger partial charge in [-0.15, -0.1) is 10.2 Å². The summed E-state index contributed by atoms with van der Waals surface area (Å²) < 4.78 is 45.2. The Morgan fingerprint density at radius 3 is 2.55 bits per heavy atom. The third kappa shape index (κ3) is 5.80. The Kier molecular flexibility index (Phi) is 8.15. The number of anilines is 2. The second kappa shape index (κ2) is 12.0. The molecule has 44 heavy (non-hydrogen) atoms. The van der Waals surface area contributed by atoms with Gasteiger partial charge in [0.1, 0.15) is 18.0 Å². The summed E-state index contributed by atoms with van der Waals surface area (Å²) in [5.74, 6) is 1.52. The Labute approximate surface area is 254 Å². The molecule has 0 saturated carbocycles. The molecule has 2 aliphatic rings. The third-order valence-corrected chi connectivity index (χ3v) is 8.63. The first-order valence-electron chi connectivity index (χ1n) is 15.1. The van der Waals surface area contributed by atoms with Crippen molar-refractivity contribution in [1.82, 2.24) is 24.6 Å². The maximum atomic E-state index is 14.5. The molecule has 8 nitrogen and oxygen atoms in total. The number of amides is 1. The van der Waals surface area contributed by atoms with E-state index in [1.807, 2.05) is 48.9 Å². The summed E-state index contributed by atoms with van der Waals surface area (Å²) in [6.07, 6.45) is 0.240. The number of halogens is 3. The van der Waals surface area contributed by atoms with Crippen LogP contribution in [-0.4, -0.2) is 50.2 Å². The largest absolute Gasteiger partial charge is 0.416 e. The molecule has 1 fully saturated rings. The minimum absolute atomic E-state index is 0.00647. The summed E-state index contributed by atoms with van der Waals surface area (Å²) in [7, 11) is 1.86. The van der Waals surface area contributed by atoms with Crippen molar-refractivity contribution in [1.29, 1.82) is 0 Å². The van der Waals surface area contributed by atoms with Gasteiger partial charge >= 0.3 is 6.18 Å². The van der Waals surface area contributed by atoms with Gasteiger partial charge < -0.3 is 9.88 Å². The van der Waals surface area contributed by atoms with E-state index < -0.39 is 17.6 Å². The Balaban J connectivity index is 1.39. The molecule has 2 aromatic carbocycles. The Morgan fingerprint density at radius 2 is 1.84 bits per heavy atom. The summed E-state index contributed by atoms with van der Waals surface area (Å²) in [6, 6.07) is 14.2. The van der Waals surface area contributed by atoms with Gasteiger partial charge in [-0.25, -0.2) is 4.98 Å².